The molecule has 4 nitrogen and oxygen atoms in total. The number of esters is 1. The highest BCUT2D eigenvalue weighted by Gasteiger charge is 2.12. The molecule has 0 saturated heterocycles. The van der Waals surface area contributed by atoms with Crippen molar-refractivity contribution < 1.29 is 14.6 Å². The van der Waals surface area contributed by atoms with Crippen LogP contribution in [0.5, 0.6) is 0 Å². The largest absolute Gasteiger partial charge is 0.515 e. The lowest BCUT2D eigenvalue weighted by Crippen LogP contribution is -2.06. The fraction of sp³-hybridized carbons (Fsp3) is 0.167. The molecule has 16 heavy (non-hydrogen) atoms. The van der Waals surface area contributed by atoms with Crippen LogP contribution in [0.3, 0.4) is 0 Å². The Labute approximate surface area is 93.4 Å². The third kappa shape index (κ3) is 2.61. The van der Waals surface area contributed by atoms with E-state index in [1.165, 1.54) is 0 Å². The van der Waals surface area contributed by atoms with Gasteiger partial charge in [0.15, 0.2) is 0 Å². The van der Waals surface area contributed by atoms with Gasteiger partial charge >= 0.3 is 5.97 Å². The monoisotopic (exact) mass is 217 g/mol. The zero-order valence-corrected chi connectivity index (χ0v) is 8.80. The first-order valence-electron chi connectivity index (χ1n) is 4.75. The van der Waals surface area contributed by atoms with Crippen LogP contribution in [0, 0.1) is 11.3 Å². The molecule has 1 rings (SSSR count). The topological polar surface area (TPSA) is 70.3 Å². The Morgan fingerprint density at radius 2 is 2.12 bits per heavy atom. The molecule has 0 aliphatic rings. The smallest absolute Gasteiger partial charge is 0.341 e. The summed E-state index contributed by atoms with van der Waals surface area (Å²) in [6.07, 6.45) is 0.708. The molecule has 0 bridgehead atoms. The van der Waals surface area contributed by atoms with Crippen LogP contribution in [-0.4, -0.2) is 17.7 Å². The molecule has 0 amide bonds. The van der Waals surface area contributed by atoms with Crippen LogP contribution in [0.25, 0.3) is 5.57 Å². The zero-order valence-electron chi connectivity index (χ0n) is 8.80. The van der Waals surface area contributed by atoms with Gasteiger partial charge in [0.25, 0.3) is 0 Å². The molecule has 0 radical (unpaired) electrons. The second-order valence-electron chi connectivity index (χ2n) is 2.95. The van der Waals surface area contributed by atoms with E-state index in [1.54, 1.807) is 31.2 Å². The predicted molar refractivity (Wildman–Crippen MR) is 58.4 cm³/mol. The predicted octanol–water partition coefficient (Wildman–Crippen LogP) is 2.02. The Balaban J connectivity index is 2.97. The Morgan fingerprint density at radius 3 is 2.56 bits per heavy atom. The summed E-state index contributed by atoms with van der Waals surface area (Å²) in [6, 6.07) is 8.26. The summed E-state index contributed by atoms with van der Waals surface area (Å²) in [5.41, 5.74) is 1.08. The number of carbonyl (C=O) groups excluding carboxylic acids is 1. The lowest BCUT2D eigenvalue weighted by atomic mass is 10.1. The highest BCUT2D eigenvalue weighted by Crippen LogP contribution is 2.16. The van der Waals surface area contributed by atoms with Gasteiger partial charge in [-0.25, -0.2) is 4.79 Å². The molecule has 1 aromatic carbocycles. The number of rotatable bonds is 3. The Kier molecular flexibility index (Phi) is 4.10. The molecule has 0 unspecified atom stereocenters. The van der Waals surface area contributed by atoms with Crippen molar-refractivity contribution in [1.29, 1.82) is 5.26 Å². The summed E-state index contributed by atoms with van der Waals surface area (Å²) in [5, 5.41) is 17.6. The van der Waals surface area contributed by atoms with Gasteiger partial charge in [0.1, 0.15) is 5.57 Å². The quantitative estimate of drug-likeness (QED) is 0.477. The summed E-state index contributed by atoms with van der Waals surface area (Å²) in [7, 11) is 0. The summed E-state index contributed by atoms with van der Waals surface area (Å²) >= 11 is 0. The van der Waals surface area contributed by atoms with E-state index in [0.29, 0.717) is 17.4 Å². The van der Waals surface area contributed by atoms with E-state index in [0.717, 1.165) is 0 Å². The third-order valence-electron chi connectivity index (χ3n) is 1.95. The van der Waals surface area contributed by atoms with Crippen LogP contribution in [0.4, 0.5) is 0 Å². The van der Waals surface area contributed by atoms with Gasteiger partial charge in [-0.15, -0.1) is 0 Å². The third-order valence-corrected chi connectivity index (χ3v) is 1.95. The fourth-order valence-corrected chi connectivity index (χ4v) is 1.18. The van der Waals surface area contributed by atoms with Gasteiger partial charge in [-0.05, 0) is 24.6 Å². The number of ether oxygens (including phenoxy) is 1. The molecule has 0 saturated carbocycles. The first-order valence-corrected chi connectivity index (χ1v) is 4.75. The lowest BCUT2D eigenvalue weighted by Gasteiger charge is -2.05. The van der Waals surface area contributed by atoms with Gasteiger partial charge in [-0.3, -0.25) is 0 Å². The molecule has 0 aliphatic carbocycles. The van der Waals surface area contributed by atoms with Crippen molar-refractivity contribution in [3.05, 3.63) is 41.7 Å². The maximum absolute atomic E-state index is 11.4. The highest BCUT2D eigenvalue weighted by molar-refractivity contribution is 6.16. The number of aliphatic hydroxyl groups excluding tert-OH is 1. The molecule has 0 heterocycles. The molecule has 0 fully saturated rings. The first-order chi connectivity index (χ1) is 7.72. The molecule has 0 atom stereocenters. The minimum absolute atomic E-state index is 0.0753. The van der Waals surface area contributed by atoms with Crippen molar-refractivity contribution >= 4 is 11.5 Å². The van der Waals surface area contributed by atoms with Crippen LogP contribution in [-0.2, 0) is 9.53 Å². The highest BCUT2D eigenvalue weighted by atomic mass is 16.5. The van der Waals surface area contributed by atoms with Gasteiger partial charge in [-0.1, -0.05) is 12.1 Å². The molecule has 1 aromatic rings. The minimum atomic E-state index is -0.588. The van der Waals surface area contributed by atoms with Crippen LogP contribution < -0.4 is 0 Å². The van der Waals surface area contributed by atoms with Crippen molar-refractivity contribution in [3.63, 3.8) is 0 Å². The Bertz CT molecular complexity index is 440. The normalized spacial score (nSPS) is 10.6. The second-order valence-corrected chi connectivity index (χ2v) is 2.95. The molecule has 82 valence electrons. The van der Waals surface area contributed by atoms with Gasteiger partial charge in [0.05, 0.1) is 24.5 Å². The molecular weight excluding hydrogens is 206 g/mol. The average molecular weight is 217 g/mol. The van der Waals surface area contributed by atoms with E-state index >= 15 is 0 Å². The summed E-state index contributed by atoms with van der Waals surface area (Å²) in [5.74, 6) is -0.588. The zero-order chi connectivity index (χ0) is 12.0. The van der Waals surface area contributed by atoms with E-state index in [1.807, 2.05) is 6.07 Å². The van der Waals surface area contributed by atoms with E-state index < -0.39 is 5.97 Å². The van der Waals surface area contributed by atoms with Crippen molar-refractivity contribution in [3.8, 4) is 6.07 Å². The number of benzene rings is 1. The van der Waals surface area contributed by atoms with Gasteiger partial charge < -0.3 is 9.84 Å². The van der Waals surface area contributed by atoms with Crippen molar-refractivity contribution in [1.82, 2.24) is 0 Å². The molecule has 0 aromatic heterocycles. The van der Waals surface area contributed by atoms with E-state index in [9.17, 15) is 4.79 Å². The average Bonchev–Trinajstić information content (AvgIpc) is 2.31. The molecule has 0 spiro atoms. The van der Waals surface area contributed by atoms with Gasteiger partial charge in [0.2, 0.25) is 0 Å². The van der Waals surface area contributed by atoms with E-state index in [4.69, 9.17) is 15.1 Å². The lowest BCUT2D eigenvalue weighted by molar-refractivity contribution is -0.136. The molecule has 4 heteroatoms. The van der Waals surface area contributed by atoms with Crippen LogP contribution in [0.2, 0.25) is 0 Å². The Hall–Kier alpha value is -2.28. The van der Waals surface area contributed by atoms with Crippen molar-refractivity contribution in [2.24, 2.45) is 0 Å². The fourth-order valence-electron chi connectivity index (χ4n) is 1.18. The van der Waals surface area contributed by atoms with Crippen LogP contribution in [0.1, 0.15) is 18.1 Å². The SMILES string of the molecule is CCOC(=O)C(=CO)c1ccc(C#N)cc1. The van der Waals surface area contributed by atoms with Crippen molar-refractivity contribution in [2.75, 3.05) is 6.61 Å². The van der Waals surface area contributed by atoms with E-state index in [2.05, 4.69) is 0 Å². The standard InChI is InChI=1S/C12H11NO3/c1-2-16-12(15)11(8-14)10-5-3-9(7-13)4-6-10/h3-6,8,14H,2H2,1H3. The number of nitriles is 1. The number of aliphatic hydroxyl groups is 1. The Morgan fingerprint density at radius 1 is 1.50 bits per heavy atom. The van der Waals surface area contributed by atoms with E-state index in [-0.39, 0.29) is 12.2 Å². The number of nitrogens with zero attached hydrogens (tertiary/aromatic N) is 1. The minimum Gasteiger partial charge on any atom is -0.515 e. The molecular formula is C12H11NO3. The molecule has 1 N–H and O–H groups in total. The van der Waals surface area contributed by atoms with Gasteiger partial charge in [0, 0.05) is 0 Å². The van der Waals surface area contributed by atoms with Gasteiger partial charge in [-0.2, -0.15) is 5.26 Å². The number of hydrogen-bond acceptors (Lipinski definition) is 4. The first kappa shape index (κ1) is 11.8. The maximum Gasteiger partial charge on any atom is 0.341 e. The second kappa shape index (κ2) is 5.56. The summed E-state index contributed by atoms with van der Waals surface area (Å²) in [6.45, 7) is 1.93. The maximum atomic E-state index is 11.4. The number of carbonyl (C=O) groups is 1. The van der Waals surface area contributed by atoms with Crippen LogP contribution in [0.15, 0.2) is 30.5 Å². The van der Waals surface area contributed by atoms with Crippen molar-refractivity contribution in [2.45, 2.75) is 6.92 Å². The summed E-state index contributed by atoms with van der Waals surface area (Å²) in [4.78, 5) is 11.4. The summed E-state index contributed by atoms with van der Waals surface area (Å²) < 4.78 is 4.77. The molecule has 0 aliphatic heterocycles. The van der Waals surface area contributed by atoms with Crippen LogP contribution >= 0.6 is 0 Å². The number of hydrogen-bond donors (Lipinski definition) is 1.